The standard InChI is InChI=1S/C33H35F3N4O3/c1-2-23-19-38-31-26(23)16-24(17-28(31)40-13-7-12-30(40)42)32(43)39-27(15-21-8-4-3-5-9-21)29(41)20-37-18-22-10-6-11-25(14-22)33(34,35)36/h3-6,8-11,14,16-17,19,27,29,37-38,41H,2,7,12-13,15,18,20H2,1H3,(H,39,43)/t27-,29-/m0/s1. The van der Waals surface area contributed by atoms with Crippen molar-refractivity contribution in [3.05, 3.63) is 101 Å². The van der Waals surface area contributed by atoms with Gasteiger partial charge in [-0.1, -0.05) is 55.5 Å². The van der Waals surface area contributed by atoms with Crippen molar-refractivity contribution in [2.75, 3.05) is 18.0 Å². The van der Waals surface area contributed by atoms with E-state index in [2.05, 4.69) is 15.6 Å². The molecule has 0 saturated carbocycles. The lowest BCUT2D eigenvalue weighted by atomic mass is 9.99. The molecular formula is C33H35F3N4O3. The molecule has 226 valence electrons. The average molecular weight is 593 g/mol. The van der Waals surface area contributed by atoms with Crippen LogP contribution in [0.4, 0.5) is 18.9 Å². The summed E-state index contributed by atoms with van der Waals surface area (Å²) in [7, 11) is 0. The summed E-state index contributed by atoms with van der Waals surface area (Å²) < 4.78 is 39.3. The molecule has 0 radical (unpaired) electrons. The fourth-order valence-electron chi connectivity index (χ4n) is 5.58. The lowest BCUT2D eigenvalue weighted by Crippen LogP contribution is -2.48. The zero-order chi connectivity index (χ0) is 30.6. The number of nitrogens with one attached hydrogen (secondary N) is 3. The van der Waals surface area contributed by atoms with E-state index in [9.17, 15) is 27.9 Å². The van der Waals surface area contributed by atoms with Crippen LogP contribution in [0.3, 0.4) is 0 Å². The summed E-state index contributed by atoms with van der Waals surface area (Å²) in [5.74, 6) is -0.383. The number of amides is 2. The Kier molecular flexibility index (Phi) is 9.17. The molecule has 2 atom stereocenters. The van der Waals surface area contributed by atoms with Gasteiger partial charge in [-0.15, -0.1) is 0 Å². The van der Waals surface area contributed by atoms with Crippen LogP contribution < -0.4 is 15.5 Å². The predicted molar refractivity (Wildman–Crippen MR) is 160 cm³/mol. The Labute approximate surface area is 248 Å². The highest BCUT2D eigenvalue weighted by atomic mass is 19.4. The number of nitrogens with zero attached hydrogens (tertiary/aromatic N) is 1. The SMILES string of the molecule is CCc1c[nH]c2c(N3CCCC3=O)cc(C(=O)N[C@@H](Cc3ccccc3)[C@@H](O)CNCc3cccc(C(F)(F)F)c3)cc12. The molecule has 1 saturated heterocycles. The molecule has 1 fully saturated rings. The Balaban J connectivity index is 1.36. The lowest BCUT2D eigenvalue weighted by molar-refractivity contribution is -0.137. The Hall–Kier alpha value is -4.15. The summed E-state index contributed by atoms with van der Waals surface area (Å²) in [6.45, 7) is 2.75. The molecule has 1 aliphatic rings. The smallest absolute Gasteiger partial charge is 0.390 e. The molecule has 4 N–H and O–H groups in total. The second-order valence-electron chi connectivity index (χ2n) is 10.9. The van der Waals surface area contributed by atoms with E-state index in [0.717, 1.165) is 47.0 Å². The van der Waals surface area contributed by atoms with Crippen LogP contribution in [0.2, 0.25) is 0 Å². The molecule has 4 aromatic rings. The van der Waals surface area contributed by atoms with Crippen molar-refractivity contribution in [2.45, 2.75) is 57.5 Å². The number of benzene rings is 3. The number of aryl methyl sites for hydroxylation is 1. The molecule has 0 spiro atoms. The summed E-state index contributed by atoms with van der Waals surface area (Å²) in [6.07, 6.45) is -1.31. The van der Waals surface area contributed by atoms with Crippen LogP contribution in [0.1, 0.15) is 52.4 Å². The van der Waals surface area contributed by atoms with E-state index in [-0.39, 0.29) is 19.0 Å². The third kappa shape index (κ3) is 7.09. The van der Waals surface area contributed by atoms with Gasteiger partial charge in [0, 0.05) is 43.2 Å². The summed E-state index contributed by atoms with van der Waals surface area (Å²) in [6, 6.07) is 17.3. The fourth-order valence-corrected chi connectivity index (χ4v) is 5.58. The number of rotatable bonds is 11. The summed E-state index contributed by atoms with van der Waals surface area (Å²) in [4.78, 5) is 31.3. The maximum Gasteiger partial charge on any atom is 0.416 e. The molecule has 2 amide bonds. The quantitative estimate of drug-likeness (QED) is 0.188. The fraction of sp³-hybridized carbons (Fsp3) is 0.333. The van der Waals surface area contributed by atoms with Crippen LogP contribution >= 0.6 is 0 Å². The summed E-state index contributed by atoms with van der Waals surface area (Å²) in [5.41, 5.74) is 3.47. The number of aromatic nitrogens is 1. The van der Waals surface area contributed by atoms with Gasteiger partial charge in [0.05, 0.1) is 28.9 Å². The zero-order valence-corrected chi connectivity index (χ0v) is 23.9. The van der Waals surface area contributed by atoms with Gasteiger partial charge in [0.25, 0.3) is 5.91 Å². The lowest BCUT2D eigenvalue weighted by Gasteiger charge is -2.25. The van der Waals surface area contributed by atoms with Gasteiger partial charge in [0.2, 0.25) is 5.91 Å². The molecule has 2 heterocycles. The van der Waals surface area contributed by atoms with Crippen LogP contribution in [-0.4, -0.2) is 47.1 Å². The van der Waals surface area contributed by atoms with Gasteiger partial charge in [0.15, 0.2) is 0 Å². The van der Waals surface area contributed by atoms with Gasteiger partial charge in [-0.25, -0.2) is 0 Å². The van der Waals surface area contributed by atoms with Crippen LogP contribution in [-0.2, 0) is 30.4 Å². The van der Waals surface area contributed by atoms with Gasteiger partial charge in [-0.05, 0) is 54.2 Å². The topological polar surface area (TPSA) is 97.5 Å². The average Bonchev–Trinajstić information content (AvgIpc) is 3.62. The molecule has 0 aliphatic carbocycles. The Morgan fingerprint density at radius 3 is 2.53 bits per heavy atom. The number of fused-ring (bicyclic) bond motifs is 1. The highest BCUT2D eigenvalue weighted by Crippen LogP contribution is 2.33. The molecular weight excluding hydrogens is 557 g/mol. The summed E-state index contributed by atoms with van der Waals surface area (Å²) in [5, 5.41) is 18.1. The molecule has 10 heteroatoms. The van der Waals surface area contributed by atoms with Gasteiger partial charge < -0.3 is 25.6 Å². The Bertz CT molecular complexity index is 1590. The first-order valence-corrected chi connectivity index (χ1v) is 14.5. The first-order chi connectivity index (χ1) is 20.6. The first-order valence-electron chi connectivity index (χ1n) is 14.5. The predicted octanol–water partition coefficient (Wildman–Crippen LogP) is 5.37. The number of carbonyl (C=O) groups excluding carboxylic acids is 2. The summed E-state index contributed by atoms with van der Waals surface area (Å²) >= 11 is 0. The minimum atomic E-state index is -4.44. The second kappa shape index (κ2) is 13.0. The third-order valence-electron chi connectivity index (χ3n) is 7.88. The molecule has 0 unspecified atom stereocenters. The third-order valence-corrected chi connectivity index (χ3v) is 7.88. The van der Waals surface area contributed by atoms with Crippen molar-refractivity contribution >= 4 is 28.4 Å². The maximum atomic E-state index is 13.7. The van der Waals surface area contributed by atoms with Crippen molar-refractivity contribution < 1.29 is 27.9 Å². The highest BCUT2D eigenvalue weighted by molar-refractivity contribution is 6.08. The van der Waals surface area contributed by atoms with E-state index < -0.39 is 29.8 Å². The molecule has 43 heavy (non-hydrogen) atoms. The van der Waals surface area contributed by atoms with E-state index in [1.165, 1.54) is 6.07 Å². The van der Waals surface area contributed by atoms with Gasteiger partial charge >= 0.3 is 6.18 Å². The number of alkyl halides is 3. The molecule has 1 aromatic heterocycles. The van der Waals surface area contributed by atoms with Crippen molar-refractivity contribution in [3.63, 3.8) is 0 Å². The second-order valence-corrected chi connectivity index (χ2v) is 10.9. The Morgan fingerprint density at radius 2 is 1.84 bits per heavy atom. The number of aliphatic hydroxyl groups is 1. The van der Waals surface area contributed by atoms with Crippen LogP contribution in [0.15, 0.2) is 72.9 Å². The van der Waals surface area contributed by atoms with E-state index in [0.29, 0.717) is 36.2 Å². The molecule has 0 bridgehead atoms. The van der Waals surface area contributed by atoms with Crippen LogP contribution in [0, 0.1) is 0 Å². The number of aliphatic hydroxyl groups excluding tert-OH is 1. The van der Waals surface area contributed by atoms with Gasteiger partial charge in [0.1, 0.15) is 0 Å². The molecule has 3 aromatic carbocycles. The van der Waals surface area contributed by atoms with E-state index in [4.69, 9.17) is 0 Å². The normalized spacial score (nSPS) is 15.2. The van der Waals surface area contributed by atoms with Crippen molar-refractivity contribution in [2.24, 2.45) is 0 Å². The van der Waals surface area contributed by atoms with Crippen molar-refractivity contribution in [1.82, 2.24) is 15.6 Å². The number of aromatic amines is 1. The minimum absolute atomic E-state index is 0.00993. The largest absolute Gasteiger partial charge is 0.416 e. The number of H-pyrrole nitrogens is 1. The van der Waals surface area contributed by atoms with Gasteiger partial charge in [-0.3, -0.25) is 9.59 Å². The highest BCUT2D eigenvalue weighted by Gasteiger charge is 2.31. The molecule has 7 nitrogen and oxygen atoms in total. The first kappa shape index (κ1) is 30.3. The maximum absolute atomic E-state index is 13.7. The molecule has 1 aliphatic heterocycles. The van der Waals surface area contributed by atoms with Crippen LogP contribution in [0.5, 0.6) is 0 Å². The Morgan fingerprint density at radius 1 is 1.07 bits per heavy atom. The van der Waals surface area contributed by atoms with E-state index >= 15 is 0 Å². The number of carbonyl (C=O) groups is 2. The monoisotopic (exact) mass is 592 g/mol. The van der Waals surface area contributed by atoms with E-state index in [1.807, 2.05) is 49.5 Å². The van der Waals surface area contributed by atoms with Crippen LogP contribution in [0.25, 0.3) is 10.9 Å². The molecule has 5 rings (SSSR count). The number of halogens is 3. The minimum Gasteiger partial charge on any atom is -0.390 e. The van der Waals surface area contributed by atoms with Gasteiger partial charge in [-0.2, -0.15) is 13.2 Å². The van der Waals surface area contributed by atoms with Crippen molar-refractivity contribution in [3.8, 4) is 0 Å². The number of hydrogen-bond acceptors (Lipinski definition) is 4. The van der Waals surface area contributed by atoms with E-state index in [1.54, 1.807) is 17.0 Å². The zero-order valence-electron chi connectivity index (χ0n) is 23.9. The number of anilines is 1. The van der Waals surface area contributed by atoms with Crippen molar-refractivity contribution in [1.29, 1.82) is 0 Å². The number of hydrogen-bond donors (Lipinski definition) is 4.